The number of benzene rings is 1. The van der Waals surface area contributed by atoms with Crippen molar-refractivity contribution in [3.05, 3.63) is 78.3 Å². The van der Waals surface area contributed by atoms with Gasteiger partial charge in [-0.1, -0.05) is 6.07 Å². The lowest BCUT2D eigenvalue weighted by atomic mass is 10.1. The molecule has 4 heterocycles. The summed E-state index contributed by atoms with van der Waals surface area (Å²) in [5, 5.41) is 13.2. The molecule has 0 spiro atoms. The lowest BCUT2D eigenvalue weighted by Crippen LogP contribution is -2.33. The minimum Gasteiger partial charge on any atom is -0.340 e. The number of hydrogen-bond acceptors (Lipinski definition) is 7. The molecule has 1 aromatic carbocycles. The number of pyridine rings is 1. The Morgan fingerprint density at radius 1 is 1.13 bits per heavy atom. The van der Waals surface area contributed by atoms with Crippen LogP contribution >= 0.6 is 12.4 Å². The van der Waals surface area contributed by atoms with Crippen LogP contribution < -0.4 is 5.32 Å². The van der Waals surface area contributed by atoms with E-state index in [1.165, 1.54) is 0 Å². The van der Waals surface area contributed by atoms with Crippen LogP contribution in [0.15, 0.2) is 61.4 Å². The smallest absolute Gasteiger partial charge is 0.139 e. The predicted octanol–water partition coefficient (Wildman–Crippen LogP) is 3.70. The highest BCUT2D eigenvalue weighted by molar-refractivity contribution is 5.85. The van der Waals surface area contributed by atoms with E-state index in [1.807, 2.05) is 54.5 Å². The van der Waals surface area contributed by atoms with Gasteiger partial charge in [-0.3, -0.25) is 9.67 Å². The molecule has 0 saturated heterocycles. The summed E-state index contributed by atoms with van der Waals surface area (Å²) in [7, 11) is 4.03. The number of halogens is 1. The first-order valence-corrected chi connectivity index (χ1v) is 9.75. The first-order valence-electron chi connectivity index (χ1n) is 9.75. The highest BCUT2D eigenvalue weighted by Gasteiger charge is 2.18. The van der Waals surface area contributed by atoms with Gasteiger partial charge in [0.1, 0.15) is 12.1 Å². The summed E-state index contributed by atoms with van der Waals surface area (Å²) < 4.78 is 1.99. The molecule has 8 nitrogen and oxygen atoms in total. The molecule has 158 valence electrons. The Morgan fingerprint density at radius 2 is 2.03 bits per heavy atom. The lowest BCUT2D eigenvalue weighted by molar-refractivity contribution is 0.0733. The molecule has 0 aliphatic carbocycles. The van der Waals surface area contributed by atoms with Gasteiger partial charge in [0, 0.05) is 49.3 Å². The number of nitrogens with one attached hydrogen (secondary N) is 1. The molecule has 0 atom stereocenters. The second-order valence-corrected chi connectivity index (χ2v) is 7.41. The van der Waals surface area contributed by atoms with E-state index in [0.717, 1.165) is 39.2 Å². The van der Waals surface area contributed by atoms with Gasteiger partial charge in [-0.05, 0) is 35.9 Å². The molecular formula is C22H23ClN8. The molecule has 9 heteroatoms. The maximum Gasteiger partial charge on any atom is 0.139 e. The monoisotopic (exact) mass is 434 g/mol. The van der Waals surface area contributed by atoms with Crippen molar-refractivity contribution < 1.29 is 0 Å². The lowest BCUT2D eigenvalue weighted by Gasteiger charge is -2.31. The highest BCUT2D eigenvalue weighted by Crippen LogP contribution is 2.28. The fourth-order valence-electron chi connectivity index (χ4n) is 3.57. The maximum absolute atomic E-state index is 4.55. The maximum atomic E-state index is 4.55. The molecule has 5 rings (SSSR count). The summed E-state index contributed by atoms with van der Waals surface area (Å²) in [6.07, 6.45) is 11.2. The number of hydrogen-bond donors (Lipinski definition) is 1. The molecule has 0 bridgehead atoms. The molecular weight excluding hydrogens is 412 g/mol. The average molecular weight is 435 g/mol. The summed E-state index contributed by atoms with van der Waals surface area (Å²) >= 11 is 0. The van der Waals surface area contributed by atoms with Gasteiger partial charge in [0.05, 0.1) is 30.5 Å². The quantitative estimate of drug-likeness (QED) is 0.513. The van der Waals surface area contributed by atoms with Crippen molar-refractivity contribution in [1.29, 1.82) is 0 Å². The third kappa shape index (κ3) is 4.21. The van der Waals surface area contributed by atoms with Crippen molar-refractivity contribution in [2.24, 2.45) is 0 Å². The first kappa shape index (κ1) is 20.8. The van der Waals surface area contributed by atoms with Gasteiger partial charge < -0.3 is 10.3 Å². The van der Waals surface area contributed by atoms with Gasteiger partial charge >= 0.3 is 0 Å². The molecule has 0 unspecified atom stereocenters. The Morgan fingerprint density at radius 3 is 2.84 bits per heavy atom. The van der Waals surface area contributed by atoms with Crippen LogP contribution in [0.2, 0.25) is 0 Å². The topological polar surface area (TPSA) is 75.0 Å². The number of nitrogens with zero attached hydrogens (tertiary/aromatic N) is 7. The number of anilines is 2. The predicted molar refractivity (Wildman–Crippen MR) is 124 cm³/mol. The van der Waals surface area contributed by atoms with Crippen molar-refractivity contribution in [3.8, 4) is 0 Å². The molecule has 3 aromatic heterocycles. The SMILES string of the molecule is CN(C)N1C=Cc2ncnc(Nc3ccc4c(cnn4Cc4cccnc4)c3)c2C1.Cl. The second-order valence-electron chi connectivity index (χ2n) is 7.41. The molecule has 0 saturated carbocycles. The van der Waals surface area contributed by atoms with E-state index in [0.29, 0.717) is 13.1 Å². The standard InChI is InChI=1S/C22H22N8.ClH/c1-28(2)29-9-7-20-19(14-29)22(25-15-24-20)27-18-5-6-21-17(10-18)12-26-30(21)13-16-4-3-8-23-11-16;/h3-12,15H,13-14H2,1-2H3,(H,24,25,27);1H. The minimum absolute atomic E-state index is 0. The molecule has 31 heavy (non-hydrogen) atoms. The van der Waals surface area contributed by atoms with Gasteiger partial charge in [0.2, 0.25) is 0 Å². The largest absolute Gasteiger partial charge is 0.340 e. The minimum atomic E-state index is 0. The molecule has 0 fully saturated rings. The number of rotatable bonds is 5. The van der Waals surface area contributed by atoms with Crippen LogP contribution in [0.1, 0.15) is 16.8 Å². The van der Waals surface area contributed by atoms with Crippen molar-refractivity contribution >= 4 is 40.9 Å². The van der Waals surface area contributed by atoms with E-state index in [9.17, 15) is 0 Å². The van der Waals surface area contributed by atoms with Crippen LogP contribution in [0.3, 0.4) is 0 Å². The van der Waals surface area contributed by atoms with Crippen molar-refractivity contribution in [2.75, 3.05) is 19.4 Å². The Bertz CT molecular complexity index is 1220. The van der Waals surface area contributed by atoms with Crippen LogP contribution in [0.25, 0.3) is 17.0 Å². The fraction of sp³-hybridized carbons (Fsp3) is 0.182. The van der Waals surface area contributed by atoms with Crippen LogP contribution in [-0.2, 0) is 13.1 Å². The summed E-state index contributed by atoms with van der Waals surface area (Å²) in [6, 6.07) is 10.2. The molecule has 1 aliphatic rings. The number of fused-ring (bicyclic) bond motifs is 2. The van der Waals surface area contributed by atoms with Gasteiger partial charge in [-0.25, -0.2) is 15.0 Å². The average Bonchev–Trinajstić information content (AvgIpc) is 3.16. The van der Waals surface area contributed by atoms with Crippen LogP contribution in [0.4, 0.5) is 11.5 Å². The Labute approximate surface area is 186 Å². The molecule has 1 N–H and O–H groups in total. The zero-order valence-corrected chi connectivity index (χ0v) is 18.1. The Hall–Kier alpha value is -3.49. The van der Waals surface area contributed by atoms with Crippen LogP contribution in [-0.4, -0.2) is 48.8 Å². The van der Waals surface area contributed by atoms with Gasteiger partial charge in [0.25, 0.3) is 0 Å². The third-order valence-electron chi connectivity index (χ3n) is 5.18. The summed E-state index contributed by atoms with van der Waals surface area (Å²) in [6.45, 7) is 1.41. The van der Waals surface area contributed by atoms with Crippen LogP contribution in [0.5, 0.6) is 0 Å². The van der Waals surface area contributed by atoms with Crippen molar-refractivity contribution in [2.45, 2.75) is 13.1 Å². The zero-order chi connectivity index (χ0) is 20.5. The molecule has 4 aromatic rings. The van der Waals surface area contributed by atoms with E-state index in [2.05, 4.69) is 54.6 Å². The summed E-state index contributed by atoms with van der Waals surface area (Å²) in [5.41, 5.74) is 5.18. The fourth-order valence-corrected chi connectivity index (χ4v) is 3.57. The number of hydrazine groups is 1. The summed E-state index contributed by atoms with van der Waals surface area (Å²) in [4.78, 5) is 13.1. The molecule has 1 aliphatic heterocycles. The Kier molecular flexibility index (Phi) is 5.83. The van der Waals surface area contributed by atoms with E-state index in [-0.39, 0.29) is 12.4 Å². The van der Waals surface area contributed by atoms with E-state index < -0.39 is 0 Å². The molecule has 0 radical (unpaired) electrons. The number of aromatic nitrogens is 5. The second kappa shape index (κ2) is 8.71. The Balaban J connectivity index is 0.00000231. The summed E-state index contributed by atoms with van der Waals surface area (Å²) in [5.74, 6) is 0.818. The van der Waals surface area contributed by atoms with Crippen LogP contribution in [0, 0.1) is 0 Å². The van der Waals surface area contributed by atoms with E-state index in [1.54, 1.807) is 12.5 Å². The normalized spacial score (nSPS) is 12.7. The van der Waals surface area contributed by atoms with Gasteiger partial charge in [0.15, 0.2) is 0 Å². The van der Waals surface area contributed by atoms with Crippen molar-refractivity contribution in [3.63, 3.8) is 0 Å². The highest BCUT2D eigenvalue weighted by atomic mass is 35.5. The van der Waals surface area contributed by atoms with E-state index in [4.69, 9.17) is 0 Å². The van der Waals surface area contributed by atoms with Gasteiger partial charge in [-0.2, -0.15) is 5.10 Å². The van der Waals surface area contributed by atoms with Gasteiger partial charge in [-0.15, -0.1) is 12.4 Å². The van der Waals surface area contributed by atoms with E-state index >= 15 is 0 Å². The van der Waals surface area contributed by atoms with Crippen molar-refractivity contribution in [1.82, 2.24) is 34.8 Å². The third-order valence-corrected chi connectivity index (χ3v) is 5.18. The zero-order valence-electron chi connectivity index (χ0n) is 17.3. The molecule has 0 amide bonds. The first-order chi connectivity index (χ1) is 14.7.